The average molecular weight is 344 g/mol. The minimum absolute atomic E-state index is 0.253. The molecule has 6 nitrogen and oxygen atoms in total. The number of carbonyl (C=O) groups excluding carboxylic acids is 1. The van der Waals surface area contributed by atoms with Crippen LogP contribution in [0, 0.1) is 0 Å². The van der Waals surface area contributed by atoms with E-state index in [2.05, 4.69) is 20.5 Å². The lowest BCUT2D eigenvalue weighted by molar-refractivity contribution is 0.0946. The number of hydrogen-bond donors (Lipinski definition) is 3. The Labute approximate surface area is 148 Å². The Kier molecular flexibility index (Phi) is 4.07. The van der Waals surface area contributed by atoms with Gasteiger partial charge < -0.3 is 10.3 Å². The molecule has 2 aromatic heterocycles. The second kappa shape index (κ2) is 6.68. The number of nitrogens with zero attached hydrogens (tertiary/aromatic N) is 1. The first kappa shape index (κ1) is 15.8. The van der Waals surface area contributed by atoms with Gasteiger partial charge in [0.2, 0.25) is 0 Å². The van der Waals surface area contributed by atoms with Gasteiger partial charge in [-0.3, -0.25) is 14.7 Å². The van der Waals surface area contributed by atoms with Crippen molar-refractivity contribution in [3.63, 3.8) is 0 Å². The van der Waals surface area contributed by atoms with Gasteiger partial charge in [0.05, 0.1) is 5.69 Å². The van der Waals surface area contributed by atoms with Crippen LogP contribution in [0.2, 0.25) is 0 Å². The fourth-order valence-electron chi connectivity index (χ4n) is 2.83. The van der Waals surface area contributed by atoms with Crippen LogP contribution < -0.4 is 10.9 Å². The number of aromatic amines is 2. The molecule has 3 N–H and O–H groups in total. The summed E-state index contributed by atoms with van der Waals surface area (Å²) in [5, 5.41) is 11.0. The first-order valence-electron chi connectivity index (χ1n) is 8.20. The van der Waals surface area contributed by atoms with Crippen LogP contribution in [0.4, 0.5) is 0 Å². The molecule has 128 valence electrons. The molecule has 2 heterocycles. The zero-order chi connectivity index (χ0) is 17.9. The SMILES string of the molecule is O=C(NCc1ccc(-c2ccn[nH]2)cc1)c1cc2ccccc2c(=O)[nH]1. The largest absolute Gasteiger partial charge is 0.347 e. The Balaban J connectivity index is 1.48. The second-order valence-electron chi connectivity index (χ2n) is 5.95. The van der Waals surface area contributed by atoms with E-state index in [9.17, 15) is 9.59 Å². The molecule has 0 fully saturated rings. The summed E-state index contributed by atoms with van der Waals surface area (Å²) < 4.78 is 0. The predicted molar refractivity (Wildman–Crippen MR) is 99.8 cm³/mol. The van der Waals surface area contributed by atoms with Crippen molar-refractivity contribution in [3.8, 4) is 11.3 Å². The standard InChI is InChI=1S/C20H16N4O2/c25-19-16-4-2-1-3-15(16)11-18(23-19)20(26)21-12-13-5-7-14(8-6-13)17-9-10-22-24-17/h1-11H,12H2,(H,21,26)(H,22,24)(H,23,25). The van der Waals surface area contributed by atoms with Gasteiger partial charge in [0.1, 0.15) is 5.69 Å². The van der Waals surface area contributed by atoms with Crippen molar-refractivity contribution < 1.29 is 4.79 Å². The molecule has 0 unspecified atom stereocenters. The molecule has 0 aliphatic heterocycles. The summed E-state index contributed by atoms with van der Waals surface area (Å²) in [4.78, 5) is 27.1. The van der Waals surface area contributed by atoms with E-state index in [1.54, 1.807) is 24.4 Å². The zero-order valence-corrected chi connectivity index (χ0v) is 13.8. The van der Waals surface area contributed by atoms with E-state index in [1.807, 2.05) is 42.5 Å². The summed E-state index contributed by atoms with van der Waals surface area (Å²) >= 11 is 0. The molecule has 0 spiro atoms. The summed E-state index contributed by atoms with van der Waals surface area (Å²) in [5.74, 6) is -0.314. The van der Waals surface area contributed by atoms with E-state index in [4.69, 9.17) is 0 Å². The monoisotopic (exact) mass is 344 g/mol. The summed E-state index contributed by atoms with van der Waals surface area (Å²) in [6.07, 6.45) is 1.70. The number of rotatable bonds is 4. The van der Waals surface area contributed by atoms with Crippen LogP contribution in [0.1, 0.15) is 16.1 Å². The van der Waals surface area contributed by atoms with E-state index in [0.29, 0.717) is 11.9 Å². The molecule has 0 aliphatic rings. The predicted octanol–water partition coefficient (Wildman–Crippen LogP) is 2.85. The van der Waals surface area contributed by atoms with E-state index in [-0.39, 0.29) is 17.2 Å². The van der Waals surface area contributed by atoms with Crippen molar-refractivity contribution in [2.75, 3.05) is 0 Å². The highest BCUT2D eigenvalue weighted by molar-refractivity contribution is 5.96. The third kappa shape index (κ3) is 3.12. The van der Waals surface area contributed by atoms with Gasteiger partial charge in [-0.15, -0.1) is 0 Å². The highest BCUT2D eigenvalue weighted by Gasteiger charge is 2.09. The molecule has 4 rings (SSSR count). The number of carbonyl (C=O) groups is 1. The molecule has 2 aromatic carbocycles. The van der Waals surface area contributed by atoms with Gasteiger partial charge in [-0.05, 0) is 34.7 Å². The smallest absolute Gasteiger partial charge is 0.268 e. The molecule has 0 saturated heterocycles. The highest BCUT2D eigenvalue weighted by Crippen LogP contribution is 2.16. The number of amides is 1. The lowest BCUT2D eigenvalue weighted by Gasteiger charge is -2.07. The molecule has 0 saturated carbocycles. The summed E-state index contributed by atoms with van der Waals surface area (Å²) in [5.41, 5.74) is 2.91. The molecular weight excluding hydrogens is 328 g/mol. The number of pyridine rings is 1. The molecule has 6 heteroatoms. The Bertz CT molecular complexity index is 1110. The number of H-pyrrole nitrogens is 2. The third-order valence-corrected chi connectivity index (χ3v) is 4.22. The molecule has 0 radical (unpaired) electrons. The van der Waals surface area contributed by atoms with E-state index >= 15 is 0 Å². The first-order valence-corrected chi connectivity index (χ1v) is 8.20. The van der Waals surface area contributed by atoms with E-state index < -0.39 is 0 Å². The third-order valence-electron chi connectivity index (χ3n) is 4.22. The molecule has 0 aliphatic carbocycles. The molecule has 0 bridgehead atoms. The van der Waals surface area contributed by atoms with Crippen molar-refractivity contribution in [2.24, 2.45) is 0 Å². The molecule has 0 atom stereocenters. The quantitative estimate of drug-likeness (QED) is 0.532. The second-order valence-corrected chi connectivity index (χ2v) is 5.95. The fraction of sp³-hybridized carbons (Fsp3) is 0.0500. The Hall–Kier alpha value is -3.67. The van der Waals surface area contributed by atoms with Crippen LogP contribution >= 0.6 is 0 Å². The van der Waals surface area contributed by atoms with Crippen molar-refractivity contribution in [3.05, 3.63) is 88.5 Å². The van der Waals surface area contributed by atoms with Crippen LogP contribution in [0.25, 0.3) is 22.0 Å². The average Bonchev–Trinajstić information content (AvgIpc) is 3.21. The molecular formula is C20H16N4O2. The maximum Gasteiger partial charge on any atom is 0.268 e. The van der Waals surface area contributed by atoms with Crippen molar-refractivity contribution in [2.45, 2.75) is 6.54 Å². The number of aromatic nitrogens is 3. The van der Waals surface area contributed by atoms with Gasteiger partial charge in [0.25, 0.3) is 11.5 Å². The molecule has 4 aromatic rings. The van der Waals surface area contributed by atoms with Gasteiger partial charge in [0, 0.05) is 18.1 Å². The van der Waals surface area contributed by atoms with Crippen molar-refractivity contribution in [1.29, 1.82) is 0 Å². The van der Waals surface area contributed by atoms with Crippen molar-refractivity contribution >= 4 is 16.7 Å². The highest BCUT2D eigenvalue weighted by atomic mass is 16.2. The minimum atomic E-state index is -0.314. The number of nitrogens with one attached hydrogen (secondary N) is 3. The number of fused-ring (bicyclic) bond motifs is 1. The van der Waals surface area contributed by atoms with Gasteiger partial charge in [0.15, 0.2) is 0 Å². The minimum Gasteiger partial charge on any atom is -0.347 e. The Morgan fingerprint density at radius 2 is 1.85 bits per heavy atom. The van der Waals surface area contributed by atoms with Gasteiger partial charge in [-0.25, -0.2) is 0 Å². The maximum atomic E-state index is 12.4. The zero-order valence-electron chi connectivity index (χ0n) is 13.8. The van der Waals surface area contributed by atoms with Gasteiger partial charge in [-0.1, -0.05) is 42.5 Å². The summed E-state index contributed by atoms with van der Waals surface area (Å²) in [7, 11) is 0. The van der Waals surface area contributed by atoms with Crippen LogP contribution in [-0.4, -0.2) is 21.1 Å². The first-order chi connectivity index (χ1) is 12.7. The van der Waals surface area contributed by atoms with Gasteiger partial charge in [-0.2, -0.15) is 5.10 Å². The lowest BCUT2D eigenvalue weighted by atomic mass is 10.1. The normalized spacial score (nSPS) is 10.8. The number of benzene rings is 2. The van der Waals surface area contributed by atoms with E-state index in [1.165, 1.54) is 0 Å². The lowest BCUT2D eigenvalue weighted by Crippen LogP contribution is -2.26. The van der Waals surface area contributed by atoms with Crippen molar-refractivity contribution in [1.82, 2.24) is 20.5 Å². The van der Waals surface area contributed by atoms with E-state index in [0.717, 1.165) is 22.2 Å². The topological polar surface area (TPSA) is 90.6 Å². The Morgan fingerprint density at radius 3 is 2.62 bits per heavy atom. The number of hydrogen-bond acceptors (Lipinski definition) is 3. The summed E-state index contributed by atoms with van der Waals surface area (Å²) in [6, 6.07) is 18.6. The van der Waals surface area contributed by atoms with Crippen LogP contribution in [0.3, 0.4) is 0 Å². The molecule has 1 amide bonds. The Morgan fingerprint density at radius 1 is 1.04 bits per heavy atom. The maximum absolute atomic E-state index is 12.4. The fourth-order valence-corrected chi connectivity index (χ4v) is 2.83. The summed E-state index contributed by atoms with van der Waals surface area (Å²) in [6.45, 7) is 0.372. The molecule has 26 heavy (non-hydrogen) atoms. The van der Waals surface area contributed by atoms with Crippen LogP contribution in [0.15, 0.2) is 71.7 Å². The van der Waals surface area contributed by atoms with Crippen LogP contribution in [0.5, 0.6) is 0 Å². The van der Waals surface area contributed by atoms with Gasteiger partial charge >= 0.3 is 0 Å². The van der Waals surface area contributed by atoms with Crippen LogP contribution in [-0.2, 0) is 6.54 Å².